The van der Waals surface area contributed by atoms with Crippen LogP contribution in [0.3, 0.4) is 0 Å². The van der Waals surface area contributed by atoms with Gasteiger partial charge in [0.05, 0.1) is 0 Å². The molecule has 0 spiro atoms. The summed E-state index contributed by atoms with van der Waals surface area (Å²) in [6.45, 7) is 7.25. The predicted molar refractivity (Wildman–Crippen MR) is 134 cm³/mol. The van der Waals surface area contributed by atoms with E-state index < -0.39 is 0 Å². The zero-order chi connectivity index (χ0) is 21.2. The molecule has 3 rings (SSSR count). The average molecular weight is 417 g/mol. The Bertz CT molecular complexity index is 437. The molecule has 0 unspecified atom stereocenters. The van der Waals surface area contributed by atoms with Gasteiger partial charge in [0.1, 0.15) is 0 Å². The van der Waals surface area contributed by atoms with Crippen molar-refractivity contribution in [3.8, 4) is 0 Å². The molecule has 0 amide bonds. The topological polar surface area (TPSA) is 0 Å². The van der Waals surface area contributed by atoms with Crippen LogP contribution in [0, 0.1) is 35.0 Å². The Balaban J connectivity index is 1.54. The summed E-state index contributed by atoms with van der Waals surface area (Å²) in [7, 11) is 0. The molecule has 0 nitrogen and oxygen atoms in total. The van der Waals surface area contributed by atoms with E-state index in [1.807, 2.05) is 0 Å². The highest BCUT2D eigenvalue weighted by atomic mass is 14.5. The molecule has 3 aliphatic carbocycles. The first-order chi connectivity index (χ1) is 14.7. The third kappa shape index (κ3) is 6.51. The van der Waals surface area contributed by atoms with E-state index in [1.165, 1.54) is 70.6 Å². The first kappa shape index (κ1) is 24.6. The highest BCUT2D eigenvalue weighted by Gasteiger charge is 2.44. The summed E-state index contributed by atoms with van der Waals surface area (Å²) >= 11 is 0. The van der Waals surface area contributed by atoms with Crippen LogP contribution >= 0.6 is 0 Å². The second kappa shape index (κ2) is 12.9. The molecule has 3 fully saturated rings. The molecule has 0 aromatic carbocycles. The monoisotopic (exact) mass is 416 g/mol. The lowest BCUT2D eigenvalue weighted by atomic mass is 9.55. The fourth-order valence-corrected chi connectivity index (χ4v) is 8.37. The van der Waals surface area contributed by atoms with Gasteiger partial charge in [0.15, 0.2) is 0 Å². The Labute approximate surface area is 190 Å². The molecule has 0 heteroatoms. The SMILES string of the molecule is CCCCCC1([C@@H]2CC[C@@H]([C@H]3CC[C@H](CCCCC)CC3)[C@H](CC)C2)CCCCC1. The van der Waals surface area contributed by atoms with Gasteiger partial charge < -0.3 is 0 Å². The van der Waals surface area contributed by atoms with Crippen molar-refractivity contribution in [1.29, 1.82) is 0 Å². The molecule has 0 aliphatic heterocycles. The van der Waals surface area contributed by atoms with Crippen molar-refractivity contribution in [2.24, 2.45) is 35.0 Å². The molecule has 0 heterocycles. The Morgan fingerprint density at radius 3 is 2.07 bits per heavy atom. The molecule has 0 saturated heterocycles. The average Bonchev–Trinajstić information content (AvgIpc) is 2.80. The number of rotatable bonds is 11. The zero-order valence-corrected chi connectivity index (χ0v) is 21.2. The van der Waals surface area contributed by atoms with E-state index >= 15 is 0 Å². The standard InChI is InChI=1S/C30H56/c1-4-7-10-14-25-15-17-27(18-16-25)29-20-19-28(24-26(29)6-3)30(21-11-8-5-2)22-12-9-13-23-30/h25-29H,4-24H2,1-3H3/t25-,26-,27-,28-,29-/m1/s1. The van der Waals surface area contributed by atoms with Crippen molar-refractivity contribution in [2.45, 2.75) is 156 Å². The van der Waals surface area contributed by atoms with Gasteiger partial charge in [-0.25, -0.2) is 0 Å². The van der Waals surface area contributed by atoms with E-state index in [2.05, 4.69) is 20.8 Å². The largest absolute Gasteiger partial charge is 0.0654 e. The van der Waals surface area contributed by atoms with Crippen LogP contribution in [-0.2, 0) is 0 Å². The minimum atomic E-state index is 0.753. The van der Waals surface area contributed by atoms with E-state index in [4.69, 9.17) is 0 Å². The van der Waals surface area contributed by atoms with Gasteiger partial charge in [-0.1, -0.05) is 104 Å². The molecular weight excluding hydrogens is 360 g/mol. The van der Waals surface area contributed by atoms with Crippen LogP contribution in [0.15, 0.2) is 0 Å². The van der Waals surface area contributed by atoms with Crippen LogP contribution in [0.4, 0.5) is 0 Å². The summed E-state index contributed by atoms with van der Waals surface area (Å²) in [6.07, 6.45) is 32.0. The minimum absolute atomic E-state index is 0.753. The molecule has 3 atom stereocenters. The first-order valence-corrected chi connectivity index (χ1v) is 14.7. The van der Waals surface area contributed by atoms with E-state index in [0.717, 1.165) is 35.0 Å². The zero-order valence-electron chi connectivity index (χ0n) is 21.2. The van der Waals surface area contributed by atoms with Gasteiger partial charge in [0, 0.05) is 0 Å². The van der Waals surface area contributed by atoms with Gasteiger partial charge in [-0.3, -0.25) is 0 Å². The third-order valence-corrected chi connectivity index (χ3v) is 10.3. The summed E-state index contributed by atoms with van der Waals surface area (Å²) in [5, 5.41) is 0. The molecule has 0 N–H and O–H groups in total. The Morgan fingerprint density at radius 1 is 0.700 bits per heavy atom. The summed E-state index contributed by atoms with van der Waals surface area (Å²) < 4.78 is 0. The van der Waals surface area contributed by atoms with Gasteiger partial charge in [-0.2, -0.15) is 0 Å². The molecule has 3 saturated carbocycles. The van der Waals surface area contributed by atoms with Crippen molar-refractivity contribution in [3.05, 3.63) is 0 Å². The van der Waals surface area contributed by atoms with Crippen molar-refractivity contribution >= 4 is 0 Å². The lowest BCUT2D eigenvalue weighted by Crippen LogP contribution is -2.40. The van der Waals surface area contributed by atoms with Crippen LogP contribution in [0.5, 0.6) is 0 Å². The normalized spacial score (nSPS) is 34.7. The maximum Gasteiger partial charge on any atom is -0.0269 e. The van der Waals surface area contributed by atoms with Gasteiger partial charge in [-0.05, 0) is 86.4 Å². The Morgan fingerprint density at radius 2 is 1.40 bits per heavy atom. The molecule has 0 radical (unpaired) electrons. The fourth-order valence-electron chi connectivity index (χ4n) is 8.37. The predicted octanol–water partition coefficient (Wildman–Crippen LogP) is 10.3. The van der Waals surface area contributed by atoms with Crippen molar-refractivity contribution in [3.63, 3.8) is 0 Å². The van der Waals surface area contributed by atoms with E-state index in [9.17, 15) is 0 Å². The summed E-state index contributed by atoms with van der Waals surface area (Å²) in [6, 6.07) is 0. The molecule has 0 aromatic heterocycles. The summed E-state index contributed by atoms with van der Waals surface area (Å²) in [5.41, 5.74) is 0.753. The minimum Gasteiger partial charge on any atom is -0.0654 e. The molecule has 176 valence electrons. The first-order valence-electron chi connectivity index (χ1n) is 14.7. The molecule has 3 aliphatic rings. The number of hydrogen-bond acceptors (Lipinski definition) is 0. The van der Waals surface area contributed by atoms with Crippen molar-refractivity contribution in [2.75, 3.05) is 0 Å². The lowest BCUT2D eigenvalue weighted by molar-refractivity contribution is -0.00123. The van der Waals surface area contributed by atoms with Crippen LogP contribution < -0.4 is 0 Å². The van der Waals surface area contributed by atoms with E-state index in [1.54, 1.807) is 64.2 Å². The molecular formula is C30H56. The number of hydrogen-bond donors (Lipinski definition) is 0. The number of unbranched alkanes of at least 4 members (excludes halogenated alkanes) is 4. The fraction of sp³-hybridized carbons (Fsp3) is 1.00. The van der Waals surface area contributed by atoms with E-state index in [0.29, 0.717) is 0 Å². The van der Waals surface area contributed by atoms with Crippen LogP contribution in [0.1, 0.15) is 156 Å². The highest BCUT2D eigenvalue weighted by molar-refractivity contribution is 4.95. The second-order valence-corrected chi connectivity index (χ2v) is 12.0. The van der Waals surface area contributed by atoms with Crippen LogP contribution in [-0.4, -0.2) is 0 Å². The summed E-state index contributed by atoms with van der Waals surface area (Å²) in [5.74, 6) is 5.37. The Hall–Kier alpha value is 0. The maximum atomic E-state index is 2.53. The third-order valence-electron chi connectivity index (χ3n) is 10.3. The molecule has 30 heavy (non-hydrogen) atoms. The lowest BCUT2D eigenvalue weighted by Gasteiger charge is -2.51. The second-order valence-electron chi connectivity index (χ2n) is 12.0. The maximum absolute atomic E-state index is 2.53. The van der Waals surface area contributed by atoms with Crippen LogP contribution in [0.2, 0.25) is 0 Å². The van der Waals surface area contributed by atoms with Crippen LogP contribution in [0.25, 0.3) is 0 Å². The van der Waals surface area contributed by atoms with Gasteiger partial charge in [-0.15, -0.1) is 0 Å². The van der Waals surface area contributed by atoms with Crippen molar-refractivity contribution in [1.82, 2.24) is 0 Å². The van der Waals surface area contributed by atoms with Gasteiger partial charge in [0.25, 0.3) is 0 Å². The van der Waals surface area contributed by atoms with Gasteiger partial charge >= 0.3 is 0 Å². The van der Waals surface area contributed by atoms with E-state index in [-0.39, 0.29) is 0 Å². The smallest absolute Gasteiger partial charge is 0.0269 e. The van der Waals surface area contributed by atoms with Gasteiger partial charge in [0.2, 0.25) is 0 Å². The quantitative estimate of drug-likeness (QED) is 0.294. The molecule has 0 aromatic rings. The Kier molecular flexibility index (Phi) is 10.6. The highest BCUT2D eigenvalue weighted by Crippen LogP contribution is 2.55. The molecule has 0 bridgehead atoms. The summed E-state index contributed by atoms with van der Waals surface area (Å²) in [4.78, 5) is 0. The van der Waals surface area contributed by atoms with Crippen molar-refractivity contribution < 1.29 is 0 Å².